The SMILES string of the molecule is COc1cc(N2CCCC3(CC(CN4CCN(C)CC4)CO3)C2)ncn1.O=C(O)C(F)(F)F.O=C(O)C(F)(F)F. The highest BCUT2D eigenvalue weighted by Crippen LogP contribution is 2.39. The van der Waals surface area contributed by atoms with Crippen molar-refractivity contribution in [2.75, 3.05) is 71.5 Å². The van der Waals surface area contributed by atoms with Crippen LogP contribution in [0.3, 0.4) is 0 Å². The molecular weight excluding hydrogens is 556 g/mol. The summed E-state index contributed by atoms with van der Waals surface area (Å²) in [6.45, 7) is 8.76. The molecule has 0 bridgehead atoms. The zero-order chi connectivity index (χ0) is 30.1. The molecule has 0 amide bonds. The van der Waals surface area contributed by atoms with Crippen LogP contribution in [0.5, 0.6) is 5.88 Å². The summed E-state index contributed by atoms with van der Waals surface area (Å²) < 4.78 is 75.1. The molecule has 3 fully saturated rings. The molecule has 3 aliphatic rings. The van der Waals surface area contributed by atoms with E-state index in [0.29, 0.717) is 11.8 Å². The van der Waals surface area contributed by atoms with Crippen LogP contribution in [0, 0.1) is 5.92 Å². The fourth-order valence-corrected chi connectivity index (χ4v) is 4.64. The van der Waals surface area contributed by atoms with Crippen LogP contribution < -0.4 is 9.64 Å². The zero-order valence-corrected chi connectivity index (χ0v) is 22.0. The predicted octanol–water partition coefficient (Wildman–Crippen LogP) is 2.37. The van der Waals surface area contributed by atoms with E-state index in [1.807, 2.05) is 6.07 Å². The van der Waals surface area contributed by atoms with Crippen LogP contribution in [0.15, 0.2) is 12.4 Å². The van der Waals surface area contributed by atoms with Gasteiger partial charge in [-0.15, -0.1) is 0 Å². The lowest BCUT2D eigenvalue weighted by atomic mass is 9.86. The van der Waals surface area contributed by atoms with Crippen LogP contribution in [0.4, 0.5) is 32.2 Å². The van der Waals surface area contributed by atoms with E-state index >= 15 is 0 Å². The third-order valence-corrected chi connectivity index (χ3v) is 6.58. The average molecular weight is 590 g/mol. The lowest BCUT2D eigenvalue weighted by Crippen LogP contribution is -2.49. The second-order valence-corrected chi connectivity index (χ2v) is 9.72. The fourth-order valence-electron chi connectivity index (χ4n) is 4.64. The number of methoxy groups -OCH3 is 1. The van der Waals surface area contributed by atoms with Crippen LogP contribution in [0.1, 0.15) is 19.3 Å². The van der Waals surface area contributed by atoms with Gasteiger partial charge < -0.3 is 34.4 Å². The van der Waals surface area contributed by atoms with Gasteiger partial charge in [-0.25, -0.2) is 19.6 Å². The molecule has 2 atom stereocenters. The summed E-state index contributed by atoms with van der Waals surface area (Å²) in [5, 5.41) is 14.2. The number of nitrogens with zero attached hydrogens (tertiary/aromatic N) is 5. The summed E-state index contributed by atoms with van der Waals surface area (Å²) in [5.74, 6) is -3.30. The second kappa shape index (κ2) is 14.1. The van der Waals surface area contributed by atoms with E-state index in [-0.39, 0.29) is 5.60 Å². The minimum absolute atomic E-state index is 0.00627. The number of anilines is 1. The number of carbonyl (C=O) groups is 2. The van der Waals surface area contributed by atoms with Crippen molar-refractivity contribution in [2.45, 2.75) is 37.2 Å². The van der Waals surface area contributed by atoms with E-state index in [2.05, 4.69) is 31.7 Å². The molecule has 0 saturated carbocycles. The molecule has 228 valence electrons. The highest BCUT2D eigenvalue weighted by molar-refractivity contribution is 5.73. The smallest absolute Gasteiger partial charge is 0.481 e. The molecule has 4 heterocycles. The van der Waals surface area contributed by atoms with Crippen LogP contribution >= 0.6 is 0 Å². The van der Waals surface area contributed by atoms with Crippen LogP contribution in [0.2, 0.25) is 0 Å². The van der Waals surface area contributed by atoms with E-state index in [1.165, 1.54) is 32.7 Å². The van der Waals surface area contributed by atoms with Crippen LogP contribution in [-0.2, 0) is 14.3 Å². The van der Waals surface area contributed by atoms with Crippen molar-refractivity contribution >= 4 is 17.8 Å². The summed E-state index contributed by atoms with van der Waals surface area (Å²) in [5.41, 5.74) is -0.00627. The predicted molar refractivity (Wildman–Crippen MR) is 128 cm³/mol. The number of piperidine rings is 1. The number of likely N-dealkylation sites (N-methyl/N-ethyl adjacent to an activating group) is 1. The van der Waals surface area contributed by atoms with Gasteiger partial charge in [0.1, 0.15) is 12.1 Å². The maximum atomic E-state index is 10.6. The summed E-state index contributed by atoms with van der Waals surface area (Å²) in [4.78, 5) is 33.7. The van der Waals surface area contributed by atoms with Gasteiger partial charge in [0, 0.05) is 51.9 Å². The first kappa shape index (κ1) is 33.3. The molecule has 1 spiro atoms. The molecule has 0 aliphatic carbocycles. The van der Waals surface area contributed by atoms with Crippen molar-refractivity contribution in [1.29, 1.82) is 0 Å². The molecule has 4 rings (SSSR count). The molecule has 3 saturated heterocycles. The Hall–Kier alpha value is -2.92. The highest BCUT2D eigenvalue weighted by atomic mass is 19.4. The van der Waals surface area contributed by atoms with Gasteiger partial charge in [-0.2, -0.15) is 26.3 Å². The quantitative estimate of drug-likeness (QED) is 0.503. The van der Waals surface area contributed by atoms with Crippen molar-refractivity contribution in [1.82, 2.24) is 19.8 Å². The molecule has 17 heteroatoms. The first-order chi connectivity index (χ1) is 18.5. The number of piperazine rings is 1. The van der Waals surface area contributed by atoms with Crippen molar-refractivity contribution < 1.29 is 55.6 Å². The molecule has 1 aromatic rings. The number of carboxylic acids is 2. The Morgan fingerprint density at radius 2 is 1.62 bits per heavy atom. The summed E-state index contributed by atoms with van der Waals surface area (Å²) in [6, 6.07) is 1.93. The van der Waals surface area contributed by atoms with Crippen molar-refractivity contribution in [3.63, 3.8) is 0 Å². The second-order valence-electron chi connectivity index (χ2n) is 9.72. The lowest BCUT2D eigenvalue weighted by Gasteiger charge is -2.40. The van der Waals surface area contributed by atoms with Gasteiger partial charge in [0.15, 0.2) is 0 Å². The number of ether oxygens (including phenoxy) is 2. The Morgan fingerprint density at radius 1 is 1.05 bits per heavy atom. The van der Waals surface area contributed by atoms with E-state index < -0.39 is 24.3 Å². The lowest BCUT2D eigenvalue weighted by molar-refractivity contribution is -0.193. The summed E-state index contributed by atoms with van der Waals surface area (Å²) in [6.07, 6.45) is -5.11. The summed E-state index contributed by atoms with van der Waals surface area (Å²) in [7, 11) is 3.86. The number of hydrogen-bond donors (Lipinski definition) is 2. The Morgan fingerprint density at radius 3 is 2.15 bits per heavy atom. The topological polar surface area (TPSA) is 129 Å². The average Bonchev–Trinajstić information content (AvgIpc) is 3.26. The largest absolute Gasteiger partial charge is 0.490 e. The number of hydrogen-bond acceptors (Lipinski definition) is 9. The monoisotopic (exact) mass is 589 g/mol. The number of alkyl halides is 6. The van der Waals surface area contributed by atoms with E-state index in [4.69, 9.17) is 29.3 Å². The first-order valence-corrected chi connectivity index (χ1v) is 12.3. The third kappa shape index (κ3) is 10.6. The van der Waals surface area contributed by atoms with Crippen molar-refractivity contribution in [3.05, 3.63) is 12.4 Å². The number of rotatable bonds is 4. The molecule has 3 aliphatic heterocycles. The standard InChI is InChI=1S/C19H31N5O2.2C2HF3O2/c1-22-6-8-23(9-7-22)12-16-11-19(26-13-16)4-3-5-24(14-19)17-10-18(25-2)21-15-20-17;2*3-2(4,5)1(6)7/h10,15-16H,3-9,11-14H2,1-2H3;2*(H,6,7). The van der Waals surface area contributed by atoms with Gasteiger partial charge in [-0.1, -0.05) is 0 Å². The zero-order valence-electron chi connectivity index (χ0n) is 22.0. The van der Waals surface area contributed by atoms with Crippen LogP contribution in [-0.4, -0.2) is 126 Å². The summed E-state index contributed by atoms with van der Waals surface area (Å²) >= 11 is 0. The minimum atomic E-state index is -5.08. The number of carboxylic acid groups (broad SMARTS) is 2. The van der Waals surface area contributed by atoms with E-state index in [9.17, 15) is 26.3 Å². The Kier molecular flexibility index (Phi) is 11.7. The molecule has 1 aromatic heterocycles. The van der Waals surface area contributed by atoms with Gasteiger partial charge in [0.2, 0.25) is 5.88 Å². The molecule has 2 unspecified atom stereocenters. The van der Waals surface area contributed by atoms with Gasteiger partial charge in [-0.05, 0) is 32.2 Å². The number of aliphatic carboxylic acids is 2. The minimum Gasteiger partial charge on any atom is -0.481 e. The fraction of sp³-hybridized carbons (Fsp3) is 0.739. The Labute approximate surface area is 226 Å². The molecule has 40 heavy (non-hydrogen) atoms. The molecule has 2 N–H and O–H groups in total. The maximum absolute atomic E-state index is 10.6. The molecule has 0 aromatic carbocycles. The Balaban J connectivity index is 0.000000333. The highest BCUT2D eigenvalue weighted by Gasteiger charge is 2.44. The molecule has 0 radical (unpaired) electrons. The van der Waals surface area contributed by atoms with Gasteiger partial charge in [-0.3, -0.25) is 0 Å². The Bertz CT molecular complexity index is 952. The third-order valence-electron chi connectivity index (χ3n) is 6.58. The van der Waals surface area contributed by atoms with Gasteiger partial charge in [0.25, 0.3) is 0 Å². The van der Waals surface area contributed by atoms with Gasteiger partial charge >= 0.3 is 24.3 Å². The normalized spacial score (nSPS) is 24.0. The van der Waals surface area contributed by atoms with E-state index in [0.717, 1.165) is 44.8 Å². The number of halogens is 6. The van der Waals surface area contributed by atoms with E-state index in [1.54, 1.807) is 13.4 Å². The van der Waals surface area contributed by atoms with Crippen LogP contribution in [0.25, 0.3) is 0 Å². The van der Waals surface area contributed by atoms with Crippen molar-refractivity contribution in [2.24, 2.45) is 5.92 Å². The maximum Gasteiger partial charge on any atom is 0.490 e. The number of aromatic nitrogens is 2. The molecule has 11 nitrogen and oxygen atoms in total. The van der Waals surface area contributed by atoms with Gasteiger partial charge in [0.05, 0.1) is 19.3 Å². The molecular formula is C23H33F6N5O6. The first-order valence-electron chi connectivity index (χ1n) is 12.3. The van der Waals surface area contributed by atoms with Crippen molar-refractivity contribution in [3.8, 4) is 5.88 Å².